The summed E-state index contributed by atoms with van der Waals surface area (Å²) in [6, 6.07) is 6.37. The van der Waals surface area contributed by atoms with Crippen molar-refractivity contribution in [1.29, 1.82) is 0 Å². The van der Waals surface area contributed by atoms with Crippen LogP contribution in [-0.4, -0.2) is 5.97 Å². The van der Waals surface area contributed by atoms with Gasteiger partial charge in [0.05, 0.1) is 0 Å². The maximum atomic E-state index is 13.0. The fourth-order valence-corrected chi connectivity index (χ4v) is 5.30. The van der Waals surface area contributed by atoms with Gasteiger partial charge in [0, 0.05) is 11.0 Å². The van der Waals surface area contributed by atoms with Gasteiger partial charge in [0.1, 0.15) is 11.7 Å². The van der Waals surface area contributed by atoms with E-state index in [4.69, 9.17) is 4.74 Å². The average Bonchev–Trinajstić information content (AvgIpc) is 3.21. The van der Waals surface area contributed by atoms with Crippen LogP contribution in [0.25, 0.3) is 0 Å². The lowest BCUT2D eigenvalue weighted by molar-refractivity contribution is -0.139. The molecule has 0 radical (unpaired) electrons. The van der Waals surface area contributed by atoms with Crippen molar-refractivity contribution in [2.75, 3.05) is 0 Å². The largest absolute Gasteiger partial charge is 0.429 e. The number of carbonyl (C=O) groups is 1. The molecule has 27 heavy (non-hydrogen) atoms. The van der Waals surface area contributed by atoms with Gasteiger partial charge >= 0.3 is 5.97 Å². The van der Waals surface area contributed by atoms with E-state index in [1.807, 2.05) is 0 Å². The van der Waals surface area contributed by atoms with Crippen molar-refractivity contribution < 1.29 is 9.53 Å². The number of benzene rings is 1. The Morgan fingerprint density at radius 1 is 1.04 bits per heavy atom. The van der Waals surface area contributed by atoms with Gasteiger partial charge in [-0.2, -0.15) is 0 Å². The highest BCUT2D eigenvalue weighted by molar-refractivity contribution is 5.88. The molecule has 1 fully saturated rings. The second kappa shape index (κ2) is 5.37. The van der Waals surface area contributed by atoms with Gasteiger partial charge in [0.15, 0.2) is 0 Å². The lowest BCUT2D eigenvalue weighted by Crippen LogP contribution is -2.31. The maximum absolute atomic E-state index is 13.0. The van der Waals surface area contributed by atoms with Crippen LogP contribution in [0.4, 0.5) is 0 Å². The smallest absolute Gasteiger partial charge is 0.323 e. The first-order valence-corrected chi connectivity index (χ1v) is 10.1. The van der Waals surface area contributed by atoms with Crippen LogP contribution in [0.1, 0.15) is 70.6 Å². The highest BCUT2D eigenvalue weighted by Gasteiger charge is 2.70. The van der Waals surface area contributed by atoms with Crippen LogP contribution >= 0.6 is 0 Å². The number of hydrogen-bond acceptors (Lipinski definition) is 2. The molecule has 2 heteroatoms. The third kappa shape index (κ3) is 2.48. The van der Waals surface area contributed by atoms with Crippen LogP contribution < -0.4 is 0 Å². The molecule has 0 bridgehead atoms. The van der Waals surface area contributed by atoms with Crippen LogP contribution in [-0.2, 0) is 9.53 Å². The highest BCUT2D eigenvalue weighted by atomic mass is 16.5. The van der Waals surface area contributed by atoms with Crippen LogP contribution in [0, 0.1) is 36.0 Å². The first-order valence-electron chi connectivity index (χ1n) is 10.1. The van der Waals surface area contributed by atoms with E-state index in [9.17, 15) is 4.79 Å². The number of hydrogen-bond donors (Lipinski definition) is 0. The minimum atomic E-state index is -0.294. The molecular weight excluding hydrogens is 332 g/mol. The summed E-state index contributed by atoms with van der Waals surface area (Å²) in [6.07, 6.45) is 3.40. The Morgan fingerprint density at radius 3 is 2.26 bits per heavy atom. The zero-order valence-electron chi connectivity index (χ0n) is 18.0. The van der Waals surface area contributed by atoms with E-state index in [2.05, 4.69) is 79.7 Å². The summed E-state index contributed by atoms with van der Waals surface area (Å²) in [5.41, 5.74) is 6.23. The second-order valence-corrected chi connectivity index (χ2v) is 10.8. The van der Waals surface area contributed by atoms with Crippen molar-refractivity contribution in [2.45, 2.75) is 67.7 Å². The van der Waals surface area contributed by atoms with Crippen LogP contribution in [0.2, 0.25) is 0 Å². The standard InChI is InChI=1S/C25H32O2/c1-14-9-10-16(11-15(14)2)20-17-12-18(23(3,4)5)19-13-25(19,24(6,7)8)21(17)27-22(20)26/h9-12,19-20H,13H2,1-8H3. The van der Waals surface area contributed by atoms with Gasteiger partial charge in [0.2, 0.25) is 0 Å². The summed E-state index contributed by atoms with van der Waals surface area (Å²) in [7, 11) is 0. The molecule has 0 spiro atoms. The molecule has 0 N–H and O–H groups in total. The van der Waals surface area contributed by atoms with Crippen LogP contribution in [0.15, 0.2) is 41.2 Å². The fourth-order valence-electron chi connectivity index (χ4n) is 5.30. The number of ether oxygens (including phenoxy) is 1. The summed E-state index contributed by atoms with van der Waals surface area (Å²) in [6.45, 7) is 18.0. The Kier molecular flexibility index (Phi) is 3.68. The van der Waals surface area contributed by atoms with Crippen molar-refractivity contribution >= 4 is 5.97 Å². The Hall–Kier alpha value is -1.83. The maximum Gasteiger partial charge on any atom is 0.323 e. The van der Waals surface area contributed by atoms with Gasteiger partial charge in [-0.3, -0.25) is 4.79 Å². The molecule has 1 aromatic rings. The summed E-state index contributed by atoms with van der Waals surface area (Å²) < 4.78 is 6.04. The van der Waals surface area contributed by atoms with Gasteiger partial charge in [-0.25, -0.2) is 0 Å². The molecule has 3 atom stereocenters. The van der Waals surface area contributed by atoms with E-state index in [0.29, 0.717) is 5.92 Å². The fraction of sp³-hybridized carbons (Fsp3) is 0.560. The van der Waals surface area contributed by atoms with Gasteiger partial charge in [-0.05, 0) is 53.7 Å². The summed E-state index contributed by atoms with van der Waals surface area (Å²) in [4.78, 5) is 13.0. The Balaban J connectivity index is 1.91. The van der Waals surface area contributed by atoms with E-state index >= 15 is 0 Å². The van der Waals surface area contributed by atoms with Crippen molar-refractivity contribution in [3.05, 3.63) is 57.9 Å². The molecular formula is C25H32O2. The average molecular weight is 365 g/mol. The number of esters is 1. The van der Waals surface area contributed by atoms with Gasteiger partial charge in [0.25, 0.3) is 0 Å². The molecule has 3 aliphatic rings. The Labute approximate surface area is 163 Å². The van der Waals surface area contributed by atoms with Crippen molar-refractivity contribution in [1.82, 2.24) is 0 Å². The van der Waals surface area contributed by atoms with Crippen molar-refractivity contribution in [2.24, 2.45) is 22.2 Å². The first-order chi connectivity index (χ1) is 12.4. The van der Waals surface area contributed by atoms with Gasteiger partial charge in [-0.15, -0.1) is 0 Å². The molecule has 2 nitrogen and oxygen atoms in total. The monoisotopic (exact) mass is 364 g/mol. The van der Waals surface area contributed by atoms with E-state index in [1.54, 1.807) is 0 Å². The molecule has 2 aliphatic carbocycles. The molecule has 0 saturated heterocycles. The summed E-state index contributed by atoms with van der Waals surface area (Å²) >= 11 is 0. The highest BCUT2D eigenvalue weighted by Crippen LogP contribution is 2.75. The zero-order valence-corrected chi connectivity index (χ0v) is 18.0. The molecule has 0 aromatic heterocycles. The predicted octanol–water partition coefficient (Wildman–Crippen LogP) is 6.24. The van der Waals surface area contributed by atoms with E-state index in [-0.39, 0.29) is 28.1 Å². The first kappa shape index (κ1) is 18.5. The lowest BCUT2D eigenvalue weighted by Gasteiger charge is -2.38. The minimum absolute atomic E-state index is 0.0378. The third-order valence-electron chi connectivity index (χ3n) is 7.13. The Bertz CT molecular complexity index is 901. The molecule has 144 valence electrons. The summed E-state index contributed by atoms with van der Waals surface area (Å²) in [5.74, 6) is 1.05. The van der Waals surface area contributed by atoms with E-state index < -0.39 is 0 Å². The van der Waals surface area contributed by atoms with E-state index in [0.717, 1.165) is 23.3 Å². The second-order valence-electron chi connectivity index (χ2n) is 10.8. The summed E-state index contributed by atoms with van der Waals surface area (Å²) in [5, 5.41) is 0. The number of fused-ring (bicyclic) bond motifs is 2. The van der Waals surface area contributed by atoms with Gasteiger partial charge < -0.3 is 4.74 Å². The lowest BCUT2D eigenvalue weighted by atomic mass is 9.66. The number of carbonyl (C=O) groups excluding carboxylic acids is 1. The Morgan fingerprint density at radius 2 is 1.70 bits per heavy atom. The van der Waals surface area contributed by atoms with Crippen LogP contribution in [0.5, 0.6) is 0 Å². The number of aryl methyl sites for hydroxylation is 2. The van der Waals surface area contributed by atoms with Gasteiger partial charge in [-0.1, -0.05) is 71.4 Å². The number of rotatable bonds is 1. The predicted molar refractivity (Wildman–Crippen MR) is 109 cm³/mol. The molecule has 1 heterocycles. The zero-order chi connectivity index (χ0) is 19.9. The molecule has 1 aromatic carbocycles. The molecule has 1 saturated carbocycles. The molecule has 0 amide bonds. The van der Waals surface area contributed by atoms with Crippen molar-refractivity contribution in [3.8, 4) is 0 Å². The normalized spacial score (nSPS) is 29.9. The van der Waals surface area contributed by atoms with E-state index in [1.165, 1.54) is 16.7 Å². The number of allylic oxidation sites excluding steroid dienone is 3. The SMILES string of the molecule is Cc1ccc(C2C(=O)OC3=C2C=C(C(C)(C)C)C2CC32C(C)(C)C)cc1C. The minimum Gasteiger partial charge on any atom is -0.429 e. The topological polar surface area (TPSA) is 26.3 Å². The third-order valence-corrected chi connectivity index (χ3v) is 7.13. The molecule has 1 aliphatic heterocycles. The molecule has 3 unspecified atom stereocenters. The molecule has 4 rings (SSSR count). The quantitative estimate of drug-likeness (QED) is 0.552. The van der Waals surface area contributed by atoms with Crippen molar-refractivity contribution in [3.63, 3.8) is 0 Å². The van der Waals surface area contributed by atoms with Crippen LogP contribution in [0.3, 0.4) is 0 Å².